The lowest BCUT2D eigenvalue weighted by Crippen LogP contribution is -2.45. The molecule has 1 amide bonds. The third-order valence-electron chi connectivity index (χ3n) is 3.61. The molecule has 0 radical (unpaired) electrons. The lowest BCUT2D eigenvalue weighted by Gasteiger charge is -2.27. The van der Waals surface area contributed by atoms with Gasteiger partial charge in [-0.25, -0.2) is 0 Å². The molecule has 0 aliphatic carbocycles. The van der Waals surface area contributed by atoms with Gasteiger partial charge in [-0.3, -0.25) is 4.79 Å². The SMILES string of the molecule is CC1CCNC(C(=O)Nc2cccc(N(C)C)c2)C1. The summed E-state index contributed by atoms with van der Waals surface area (Å²) in [4.78, 5) is 14.2. The Kier molecular flexibility index (Phi) is 4.43. The van der Waals surface area contributed by atoms with Crippen LogP contribution in [0.15, 0.2) is 24.3 Å². The predicted octanol–water partition coefficient (Wildman–Crippen LogP) is 2.08. The van der Waals surface area contributed by atoms with Gasteiger partial charge in [-0.05, 0) is 43.5 Å². The number of nitrogens with one attached hydrogen (secondary N) is 2. The maximum Gasteiger partial charge on any atom is 0.241 e. The quantitative estimate of drug-likeness (QED) is 0.875. The van der Waals surface area contributed by atoms with Crippen molar-refractivity contribution in [1.29, 1.82) is 0 Å². The molecular formula is C15H23N3O. The van der Waals surface area contributed by atoms with Crippen LogP contribution in [-0.4, -0.2) is 32.6 Å². The summed E-state index contributed by atoms with van der Waals surface area (Å²) in [6, 6.07) is 7.84. The summed E-state index contributed by atoms with van der Waals surface area (Å²) in [6.45, 7) is 3.13. The smallest absolute Gasteiger partial charge is 0.241 e. The molecule has 2 N–H and O–H groups in total. The third-order valence-corrected chi connectivity index (χ3v) is 3.61. The first-order chi connectivity index (χ1) is 9.06. The van der Waals surface area contributed by atoms with Gasteiger partial charge in [0.25, 0.3) is 0 Å². The number of hydrogen-bond donors (Lipinski definition) is 2. The molecule has 1 aromatic rings. The van der Waals surface area contributed by atoms with E-state index in [0.717, 1.165) is 30.8 Å². The van der Waals surface area contributed by atoms with Crippen LogP contribution in [0.5, 0.6) is 0 Å². The minimum absolute atomic E-state index is 0.0632. The van der Waals surface area contributed by atoms with Crippen LogP contribution in [0, 0.1) is 5.92 Å². The van der Waals surface area contributed by atoms with Crippen LogP contribution >= 0.6 is 0 Å². The zero-order valence-corrected chi connectivity index (χ0v) is 11.9. The summed E-state index contributed by atoms with van der Waals surface area (Å²) in [5, 5.41) is 6.28. The highest BCUT2D eigenvalue weighted by molar-refractivity contribution is 5.95. The van der Waals surface area contributed by atoms with E-state index < -0.39 is 0 Å². The number of nitrogens with zero attached hydrogens (tertiary/aromatic N) is 1. The largest absolute Gasteiger partial charge is 0.378 e. The molecule has 19 heavy (non-hydrogen) atoms. The average Bonchev–Trinajstić information content (AvgIpc) is 2.39. The number of amides is 1. The highest BCUT2D eigenvalue weighted by Crippen LogP contribution is 2.19. The van der Waals surface area contributed by atoms with E-state index in [2.05, 4.69) is 17.6 Å². The van der Waals surface area contributed by atoms with Crippen molar-refractivity contribution < 1.29 is 4.79 Å². The molecule has 1 heterocycles. The fourth-order valence-corrected chi connectivity index (χ4v) is 2.40. The van der Waals surface area contributed by atoms with Crippen LogP contribution < -0.4 is 15.5 Å². The molecule has 0 spiro atoms. The first kappa shape index (κ1) is 13.9. The second-order valence-corrected chi connectivity index (χ2v) is 5.57. The summed E-state index contributed by atoms with van der Waals surface area (Å²) < 4.78 is 0. The van der Waals surface area contributed by atoms with Gasteiger partial charge in [-0.1, -0.05) is 13.0 Å². The van der Waals surface area contributed by atoms with E-state index in [1.165, 1.54) is 0 Å². The summed E-state index contributed by atoms with van der Waals surface area (Å²) in [5.41, 5.74) is 1.94. The zero-order valence-electron chi connectivity index (χ0n) is 11.9. The van der Waals surface area contributed by atoms with Crippen LogP contribution in [0.25, 0.3) is 0 Å². The molecule has 1 aliphatic heterocycles. The molecule has 0 bridgehead atoms. The lowest BCUT2D eigenvalue weighted by atomic mass is 9.94. The summed E-state index contributed by atoms with van der Waals surface area (Å²) in [5.74, 6) is 0.688. The van der Waals surface area contributed by atoms with E-state index >= 15 is 0 Å². The Morgan fingerprint density at radius 3 is 2.89 bits per heavy atom. The highest BCUT2D eigenvalue weighted by Gasteiger charge is 2.24. The number of piperidine rings is 1. The van der Waals surface area contributed by atoms with Crippen molar-refractivity contribution in [2.24, 2.45) is 5.92 Å². The van der Waals surface area contributed by atoms with E-state index in [9.17, 15) is 4.79 Å². The molecule has 2 unspecified atom stereocenters. The average molecular weight is 261 g/mol. The summed E-state index contributed by atoms with van der Waals surface area (Å²) in [7, 11) is 3.98. The Morgan fingerprint density at radius 2 is 2.21 bits per heavy atom. The predicted molar refractivity (Wildman–Crippen MR) is 79.6 cm³/mol. The first-order valence-corrected chi connectivity index (χ1v) is 6.88. The summed E-state index contributed by atoms with van der Waals surface area (Å²) >= 11 is 0. The maximum absolute atomic E-state index is 12.2. The molecule has 2 rings (SSSR count). The Morgan fingerprint density at radius 1 is 1.42 bits per heavy atom. The van der Waals surface area contributed by atoms with Crippen LogP contribution in [0.2, 0.25) is 0 Å². The molecule has 4 nitrogen and oxygen atoms in total. The minimum Gasteiger partial charge on any atom is -0.378 e. The second-order valence-electron chi connectivity index (χ2n) is 5.57. The van der Waals surface area contributed by atoms with Crippen LogP contribution in [0.3, 0.4) is 0 Å². The molecule has 104 valence electrons. The van der Waals surface area contributed by atoms with Crippen LogP contribution in [-0.2, 0) is 4.79 Å². The third kappa shape index (κ3) is 3.70. The standard InChI is InChI=1S/C15H23N3O/c1-11-7-8-16-14(9-11)15(19)17-12-5-4-6-13(10-12)18(2)3/h4-6,10-11,14,16H,7-9H2,1-3H3,(H,17,19). The normalized spacial score (nSPS) is 22.9. The second kappa shape index (κ2) is 6.06. The van der Waals surface area contributed by atoms with Gasteiger partial charge in [0.2, 0.25) is 5.91 Å². The van der Waals surface area contributed by atoms with E-state index in [1.54, 1.807) is 0 Å². The number of benzene rings is 1. The van der Waals surface area contributed by atoms with Gasteiger partial charge >= 0.3 is 0 Å². The number of carbonyl (C=O) groups is 1. The van der Waals surface area contributed by atoms with Gasteiger partial charge in [-0.15, -0.1) is 0 Å². The van der Waals surface area contributed by atoms with Gasteiger partial charge < -0.3 is 15.5 Å². The molecule has 4 heteroatoms. The first-order valence-electron chi connectivity index (χ1n) is 6.88. The minimum atomic E-state index is -0.0632. The zero-order chi connectivity index (χ0) is 13.8. The molecule has 2 atom stereocenters. The maximum atomic E-state index is 12.2. The Bertz CT molecular complexity index is 445. The van der Waals surface area contributed by atoms with Crippen molar-refractivity contribution in [2.75, 3.05) is 30.9 Å². The molecule has 0 aromatic heterocycles. The molecule has 1 saturated heterocycles. The van der Waals surface area contributed by atoms with Gasteiger partial charge in [0, 0.05) is 25.5 Å². The summed E-state index contributed by atoms with van der Waals surface area (Å²) in [6.07, 6.45) is 2.07. The van der Waals surface area contributed by atoms with Crippen molar-refractivity contribution in [3.63, 3.8) is 0 Å². The topological polar surface area (TPSA) is 44.4 Å². The van der Waals surface area contributed by atoms with Gasteiger partial charge in [0.15, 0.2) is 0 Å². The van der Waals surface area contributed by atoms with E-state index in [4.69, 9.17) is 0 Å². The molecule has 1 fully saturated rings. The fraction of sp³-hybridized carbons (Fsp3) is 0.533. The molecule has 0 saturated carbocycles. The van der Waals surface area contributed by atoms with Gasteiger partial charge in [0.05, 0.1) is 6.04 Å². The molecule has 1 aliphatic rings. The van der Waals surface area contributed by atoms with E-state index in [0.29, 0.717) is 5.92 Å². The lowest BCUT2D eigenvalue weighted by molar-refractivity contribution is -0.119. The number of carbonyl (C=O) groups excluding carboxylic acids is 1. The van der Waals surface area contributed by atoms with Crippen LogP contribution in [0.4, 0.5) is 11.4 Å². The van der Waals surface area contributed by atoms with Crippen molar-refractivity contribution >= 4 is 17.3 Å². The molecular weight excluding hydrogens is 238 g/mol. The number of rotatable bonds is 3. The van der Waals surface area contributed by atoms with Gasteiger partial charge in [-0.2, -0.15) is 0 Å². The van der Waals surface area contributed by atoms with Crippen molar-refractivity contribution in [3.05, 3.63) is 24.3 Å². The Balaban J connectivity index is 2.00. The Labute approximate surface area is 115 Å². The van der Waals surface area contributed by atoms with Crippen molar-refractivity contribution in [3.8, 4) is 0 Å². The van der Waals surface area contributed by atoms with Crippen LogP contribution in [0.1, 0.15) is 19.8 Å². The van der Waals surface area contributed by atoms with E-state index in [-0.39, 0.29) is 11.9 Å². The monoisotopic (exact) mass is 261 g/mol. The molecule has 1 aromatic carbocycles. The van der Waals surface area contributed by atoms with Crippen molar-refractivity contribution in [2.45, 2.75) is 25.8 Å². The number of anilines is 2. The fourth-order valence-electron chi connectivity index (χ4n) is 2.40. The highest BCUT2D eigenvalue weighted by atomic mass is 16.2. The van der Waals surface area contributed by atoms with Gasteiger partial charge in [0.1, 0.15) is 0 Å². The Hall–Kier alpha value is -1.55. The number of hydrogen-bond acceptors (Lipinski definition) is 3. The van der Waals surface area contributed by atoms with E-state index in [1.807, 2.05) is 43.3 Å². The van der Waals surface area contributed by atoms with Crippen molar-refractivity contribution in [1.82, 2.24) is 5.32 Å².